The fourth-order valence-corrected chi connectivity index (χ4v) is 2.91. The summed E-state index contributed by atoms with van der Waals surface area (Å²) in [6.07, 6.45) is 1.59. The third kappa shape index (κ3) is 3.86. The van der Waals surface area contributed by atoms with Crippen LogP contribution in [0, 0.1) is 0 Å². The van der Waals surface area contributed by atoms with E-state index in [4.69, 9.17) is 4.74 Å². The first kappa shape index (κ1) is 16.7. The van der Waals surface area contributed by atoms with Crippen molar-refractivity contribution in [1.29, 1.82) is 0 Å². The van der Waals surface area contributed by atoms with Crippen molar-refractivity contribution in [2.75, 3.05) is 19.0 Å². The molecular weight excluding hydrogens is 342 g/mol. The van der Waals surface area contributed by atoms with Crippen molar-refractivity contribution in [3.05, 3.63) is 52.4 Å². The molecule has 0 atom stereocenters. The van der Waals surface area contributed by atoms with E-state index in [-0.39, 0.29) is 12.2 Å². The first-order chi connectivity index (χ1) is 12.1. The molecule has 0 spiro atoms. The summed E-state index contributed by atoms with van der Waals surface area (Å²) in [6, 6.07) is 9.80. The number of nitrogens with zero attached hydrogens (tertiary/aromatic N) is 1. The van der Waals surface area contributed by atoms with E-state index in [9.17, 15) is 14.4 Å². The SMILES string of the molecule is COc1ccc(NC(=O)CN2C(=O)NC(=Cc3cccs3)C2=O)cc1. The number of methoxy groups -OCH3 is 1. The molecule has 1 aromatic carbocycles. The number of carbonyl (C=O) groups is 3. The molecule has 0 aliphatic carbocycles. The lowest BCUT2D eigenvalue weighted by Gasteiger charge is -2.12. The Morgan fingerprint density at radius 1 is 1.28 bits per heavy atom. The molecule has 1 aliphatic heterocycles. The summed E-state index contributed by atoms with van der Waals surface area (Å²) in [5, 5.41) is 6.99. The molecule has 4 amide bonds. The number of hydrogen-bond donors (Lipinski definition) is 2. The van der Waals surface area contributed by atoms with E-state index in [1.165, 1.54) is 11.3 Å². The Morgan fingerprint density at radius 2 is 2.04 bits per heavy atom. The fraction of sp³-hybridized carbons (Fsp3) is 0.118. The maximum atomic E-state index is 12.3. The van der Waals surface area contributed by atoms with Gasteiger partial charge in [-0.3, -0.25) is 9.59 Å². The first-order valence-electron chi connectivity index (χ1n) is 7.39. The van der Waals surface area contributed by atoms with Gasteiger partial charge in [-0.1, -0.05) is 6.07 Å². The van der Waals surface area contributed by atoms with Crippen molar-refractivity contribution in [1.82, 2.24) is 10.2 Å². The number of benzene rings is 1. The molecule has 1 aliphatic rings. The minimum Gasteiger partial charge on any atom is -0.497 e. The number of carbonyl (C=O) groups excluding carboxylic acids is 3. The van der Waals surface area contributed by atoms with E-state index in [0.29, 0.717) is 11.4 Å². The van der Waals surface area contributed by atoms with E-state index in [0.717, 1.165) is 9.78 Å². The average Bonchev–Trinajstić information content (AvgIpc) is 3.20. The van der Waals surface area contributed by atoms with Gasteiger partial charge < -0.3 is 15.4 Å². The van der Waals surface area contributed by atoms with Gasteiger partial charge in [0.1, 0.15) is 18.0 Å². The Morgan fingerprint density at radius 3 is 2.68 bits per heavy atom. The summed E-state index contributed by atoms with van der Waals surface area (Å²) < 4.78 is 5.04. The normalized spacial score (nSPS) is 15.4. The average molecular weight is 357 g/mol. The molecule has 3 rings (SSSR count). The number of rotatable bonds is 5. The van der Waals surface area contributed by atoms with Crippen LogP contribution in [0.5, 0.6) is 5.75 Å². The molecule has 0 unspecified atom stereocenters. The third-order valence-corrected chi connectivity index (χ3v) is 4.29. The van der Waals surface area contributed by atoms with E-state index >= 15 is 0 Å². The van der Waals surface area contributed by atoms with Crippen molar-refractivity contribution >= 4 is 40.9 Å². The van der Waals surface area contributed by atoms with Crippen LogP contribution >= 0.6 is 11.3 Å². The number of thiophene rings is 1. The van der Waals surface area contributed by atoms with Crippen LogP contribution in [0.4, 0.5) is 10.5 Å². The van der Waals surface area contributed by atoms with Gasteiger partial charge >= 0.3 is 6.03 Å². The summed E-state index contributed by atoms with van der Waals surface area (Å²) >= 11 is 1.44. The van der Waals surface area contributed by atoms with Gasteiger partial charge in [0.2, 0.25) is 5.91 Å². The van der Waals surface area contributed by atoms with Gasteiger partial charge in [-0.25, -0.2) is 9.69 Å². The predicted molar refractivity (Wildman–Crippen MR) is 94.2 cm³/mol. The highest BCUT2D eigenvalue weighted by molar-refractivity contribution is 7.10. The van der Waals surface area contributed by atoms with Crippen LogP contribution in [0.3, 0.4) is 0 Å². The Balaban J connectivity index is 1.64. The van der Waals surface area contributed by atoms with Crippen molar-refractivity contribution in [2.45, 2.75) is 0 Å². The van der Waals surface area contributed by atoms with E-state index < -0.39 is 17.8 Å². The molecule has 1 aromatic heterocycles. The van der Waals surface area contributed by atoms with Crippen molar-refractivity contribution in [2.24, 2.45) is 0 Å². The van der Waals surface area contributed by atoms with Gasteiger partial charge in [0, 0.05) is 10.6 Å². The van der Waals surface area contributed by atoms with Crippen molar-refractivity contribution in [3.8, 4) is 5.75 Å². The van der Waals surface area contributed by atoms with Crippen molar-refractivity contribution in [3.63, 3.8) is 0 Å². The number of urea groups is 1. The minimum atomic E-state index is -0.613. The molecular formula is C17H15N3O4S. The molecule has 0 saturated carbocycles. The summed E-state index contributed by atoms with van der Waals surface area (Å²) in [6.45, 7) is -0.363. The highest BCUT2D eigenvalue weighted by atomic mass is 32.1. The quantitative estimate of drug-likeness (QED) is 0.635. The molecule has 0 bridgehead atoms. The highest BCUT2D eigenvalue weighted by Crippen LogP contribution is 2.18. The van der Waals surface area contributed by atoms with Crippen molar-refractivity contribution < 1.29 is 19.1 Å². The third-order valence-electron chi connectivity index (χ3n) is 3.47. The zero-order valence-electron chi connectivity index (χ0n) is 13.3. The van der Waals surface area contributed by atoms with E-state index in [1.54, 1.807) is 37.5 Å². The maximum absolute atomic E-state index is 12.3. The molecule has 128 valence electrons. The van der Waals surface area contributed by atoms with Gasteiger partial charge in [-0.05, 0) is 41.8 Å². The first-order valence-corrected chi connectivity index (χ1v) is 8.27. The number of hydrogen-bond acceptors (Lipinski definition) is 5. The summed E-state index contributed by atoms with van der Waals surface area (Å²) in [5.74, 6) is -0.329. The largest absolute Gasteiger partial charge is 0.497 e. The Labute approximate surface area is 147 Å². The van der Waals surface area contributed by atoms with E-state index in [2.05, 4.69) is 10.6 Å². The molecule has 0 radical (unpaired) electrons. The number of ether oxygens (including phenoxy) is 1. The predicted octanol–water partition coefficient (Wildman–Crippen LogP) is 2.29. The zero-order valence-corrected chi connectivity index (χ0v) is 14.1. The topological polar surface area (TPSA) is 87.7 Å². The Bertz CT molecular complexity index is 828. The lowest BCUT2D eigenvalue weighted by atomic mass is 10.3. The second kappa shape index (κ2) is 7.18. The molecule has 7 nitrogen and oxygen atoms in total. The molecule has 1 saturated heterocycles. The molecule has 2 aromatic rings. The van der Waals surface area contributed by atoms with Gasteiger partial charge in [0.05, 0.1) is 7.11 Å². The van der Waals surface area contributed by atoms with E-state index in [1.807, 2.05) is 17.5 Å². The number of anilines is 1. The maximum Gasteiger partial charge on any atom is 0.329 e. The standard InChI is InChI=1S/C17H15N3O4S/c1-24-12-6-4-11(5-7-12)18-15(21)10-20-16(22)14(19-17(20)23)9-13-3-2-8-25-13/h2-9H,10H2,1H3,(H,18,21)(H,19,23). The van der Waals surface area contributed by atoms with Gasteiger partial charge in [0.15, 0.2) is 0 Å². The van der Waals surface area contributed by atoms with Crippen LogP contribution in [0.25, 0.3) is 6.08 Å². The number of nitrogens with one attached hydrogen (secondary N) is 2. The van der Waals surface area contributed by atoms with Crippen LogP contribution < -0.4 is 15.4 Å². The van der Waals surface area contributed by atoms with Gasteiger partial charge in [0.25, 0.3) is 5.91 Å². The summed E-state index contributed by atoms with van der Waals surface area (Å²) in [5.41, 5.74) is 0.705. The van der Waals surface area contributed by atoms with Crippen LogP contribution in [-0.4, -0.2) is 36.4 Å². The molecule has 1 fully saturated rings. The van der Waals surface area contributed by atoms with Crippen LogP contribution in [0.1, 0.15) is 4.88 Å². The molecule has 8 heteroatoms. The Hall–Kier alpha value is -3.13. The smallest absolute Gasteiger partial charge is 0.329 e. The second-order valence-electron chi connectivity index (χ2n) is 5.17. The number of imide groups is 1. The Kier molecular flexibility index (Phi) is 4.80. The summed E-state index contributed by atoms with van der Waals surface area (Å²) in [4.78, 5) is 38.1. The summed E-state index contributed by atoms with van der Waals surface area (Å²) in [7, 11) is 1.55. The van der Waals surface area contributed by atoms with Crippen LogP contribution in [0.15, 0.2) is 47.5 Å². The minimum absolute atomic E-state index is 0.157. The van der Waals surface area contributed by atoms with Crippen LogP contribution in [-0.2, 0) is 9.59 Å². The molecule has 2 N–H and O–H groups in total. The van der Waals surface area contributed by atoms with Gasteiger partial charge in [-0.15, -0.1) is 11.3 Å². The molecule has 2 heterocycles. The lowest BCUT2D eigenvalue weighted by molar-refractivity contribution is -0.127. The highest BCUT2D eigenvalue weighted by Gasteiger charge is 2.34. The lowest BCUT2D eigenvalue weighted by Crippen LogP contribution is -2.38. The molecule has 25 heavy (non-hydrogen) atoms. The monoisotopic (exact) mass is 357 g/mol. The second-order valence-corrected chi connectivity index (χ2v) is 6.15. The van der Waals surface area contributed by atoms with Gasteiger partial charge in [-0.2, -0.15) is 0 Å². The fourth-order valence-electron chi connectivity index (χ4n) is 2.25. The number of amides is 4. The zero-order chi connectivity index (χ0) is 17.8. The van der Waals surface area contributed by atoms with Crippen LogP contribution in [0.2, 0.25) is 0 Å².